The molecule has 318 valence electrons. The van der Waals surface area contributed by atoms with Gasteiger partial charge in [0.1, 0.15) is 12.6 Å². The predicted molar refractivity (Wildman–Crippen MR) is 218 cm³/mol. The molecule has 55 heavy (non-hydrogen) atoms. The van der Waals surface area contributed by atoms with E-state index in [4.69, 9.17) is 24.8 Å². The number of phosphoric acid groups is 1. The Labute approximate surface area is 331 Å². The maximum absolute atomic E-state index is 12.6. The first kappa shape index (κ1) is 52.4. The number of phosphoric ester groups is 1. The Bertz CT molecular complexity index is 1140. The van der Waals surface area contributed by atoms with Crippen molar-refractivity contribution in [1.82, 2.24) is 0 Å². The minimum absolute atomic E-state index is 0.129. The zero-order chi connectivity index (χ0) is 40.8. The Hall–Kier alpha value is -2.60. The molecule has 0 radical (unpaired) electrons. The molecule has 0 aromatic carbocycles. The normalized spacial score (nSPS) is 14.9. The van der Waals surface area contributed by atoms with Crippen LogP contribution in [-0.2, 0) is 37.5 Å². The number of unbranched alkanes of at least 4 members (excludes halogenated alkanes) is 14. The van der Waals surface area contributed by atoms with Gasteiger partial charge in [0.15, 0.2) is 6.10 Å². The average molecular weight is 800 g/mol. The van der Waals surface area contributed by atoms with Crippen molar-refractivity contribution in [1.29, 1.82) is 0 Å². The molecule has 0 bridgehead atoms. The van der Waals surface area contributed by atoms with Crippen LogP contribution in [0.15, 0.2) is 48.6 Å². The minimum atomic E-state index is -4.73. The molecule has 0 aliphatic carbocycles. The van der Waals surface area contributed by atoms with Crippen LogP contribution in [0.4, 0.5) is 0 Å². The maximum atomic E-state index is 12.6. The molecule has 0 aliphatic rings. The van der Waals surface area contributed by atoms with Crippen LogP contribution in [0.1, 0.15) is 162 Å². The topological polar surface area (TPSA) is 192 Å². The summed E-state index contributed by atoms with van der Waals surface area (Å²) in [6.07, 6.45) is 36.6. The number of allylic oxidation sites excluding steroid dienone is 7. The third-order valence-electron chi connectivity index (χ3n) is 8.65. The lowest BCUT2D eigenvalue weighted by Crippen LogP contribution is -2.34. The number of hydrogen-bond donors (Lipinski definition) is 4. The Morgan fingerprint density at radius 3 is 1.69 bits per heavy atom. The van der Waals surface area contributed by atoms with Crippen LogP contribution in [0.25, 0.3) is 0 Å². The fourth-order valence-electron chi connectivity index (χ4n) is 5.31. The highest BCUT2D eigenvalue weighted by Crippen LogP contribution is 2.43. The van der Waals surface area contributed by atoms with Crippen molar-refractivity contribution in [3.05, 3.63) is 48.6 Å². The van der Waals surface area contributed by atoms with E-state index >= 15 is 0 Å². The molecule has 0 aromatic heterocycles. The molecule has 12 nitrogen and oxygen atoms in total. The van der Waals surface area contributed by atoms with Crippen LogP contribution >= 0.6 is 7.82 Å². The van der Waals surface area contributed by atoms with E-state index < -0.39 is 51.1 Å². The number of ether oxygens (including phenoxy) is 2. The quantitative estimate of drug-likeness (QED) is 0.0200. The predicted octanol–water partition coefficient (Wildman–Crippen LogP) is 9.58. The molecule has 0 aromatic rings. The van der Waals surface area contributed by atoms with Gasteiger partial charge in [0.25, 0.3) is 0 Å². The molecule has 0 heterocycles. The van der Waals surface area contributed by atoms with Crippen molar-refractivity contribution in [2.75, 3.05) is 19.8 Å². The number of nitrogens with two attached hydrogens (primary N) is 1. The minimum Gasteiger partial charge on any atom is -0.480 e. The highest BCUT2D eigenvalue weighted by atomic mass is 31.2. The molecule has 0 rings (SSSR count). The molecule has 4 atom stereocenters. The summed E-state index contributed by atoms with van der Waals surface area (Å²) < 4.78 is 32.5. The monoisotopic (exact) mass is 799 g/mol. The van der Waals surface area contributed by atoms with Gasteiger partial charge in [-0.05, 0) is 44.9 Å². The molecule has 0 spiro atoms. The van der Waals surface area contributed by atoms with Crippen LogP contribution in [0.5, 0.6) is 0 Å². The van der Waals surface area contributed by atoms with Crippen LogP contribution in [0.3, 0.4) is 0 Å². The number of aliphatic hydroxyl groups excluding tert-OH is 1. The van der Waals surface area contributed by atoms with E-state index in [0.717, 1.165) is 57.8 Å². The van der Waals surface area contributed by atoms with E-state index in [1.54, 1.807) is 0 Å². The largest absolute Gasteiger partial charge is 0.480 e. The number of carboxylic acid groups (broad SMARTS) is 1. The van der Waals surface area contributed by atoms with Gasteiger partial charge < -0.3 is 30.3 Å². The highest BCUT2D eigenvalue weighted by Gasteiger charge is 2.28. The van der Waals surface area contributed by atoms with Crippen molar-refractivity contribution in [2.45, 2.75) is 180 Å². The second-order valence-corrected chi connectivity index (χ2v) is 15.4. The number of rotatable bonds is 38. The summed E-state index contributed by atoms with van der Waals surface area (Å²) in [7, 11) is -4.73. The lowest BCUT2D eigenvalue weighted by atomic mass is 10.0. The number of aliphatic carboxylic acids is 1. The van der Waals surface area contributed by atoms with Gasteiger partial charge in [-0.1, -0.05) is 152 Å². The summed E-state index contributed by atoms with van der Waals surface area (Å²) in [5, 5.41) is 18.7. The van der Waals surface area contributed by atoms with E-state index in [0.29, 0.717) is 19.3 Å². The maximum Gasteiger partial charge on any atom is 0.472 e. The van der Waals surface area contributed by atoms with Gasteiger partial charge in [0.05, 0.1) is 19.3 Å². The summed E-state index contributed by atoms with van der Waals surface area (Å²) in [6.45, 7) is 2.57. The Morgan fingerprint density at radius 1 is 0.636 bits per heavy atom. The fourth-order valence-corrected chi connectivity index (χ4v) is 6.09. The zero-order valence-electron chi connectivity index (χ0n) is 33.9. The first-order valence-corrected chi connectivity index (χ1v) is 22.2. The summed E-state index contributed by atoms with van der Waals surface area (Å²) in [6, 6.07) is -1.53. The average Bonchev–Trinajstić information content (AvgIpc) is 3.15. The molecule has 0 aliphatic heterocycles. The van der Waals surface area contributed by atoms with Crippen molar-refractivity contribution < 1.29 is 52.6 Å². The molecule has 0 amide bonds. The Balaban J connectivity index is 4.51. The Kier molecular flexibility index (Phi) is 35.3. The van der Waals surface area contributed by atoms with Crippen molar-refractivity contribution in [3.63, 3.8) is 0 Å². The highest BCUT2D eigenvalue weighted by molar-refractivity contribution is 7.47. The van der Waals surface area contributed by atoms with E-state index in [1.807, 2.05) is 24.3 Å². The fraction of sp³-hybridized carbons (Fsp3) is 0.738. The van der Waals surface area contributed by atoms with Crippen LogP contribution in [0, 0.1) is 0 Å². The second-order valence-electron chi connectivity index (χ2n) is 13.9. The molecule has 0 saturated carbocycles. The molecule has 0 fully saturated rings. The lowest BCUT2D eigenvalue weighted by Gasteiger charge is -2.20. The third-order valence-corrected chi connectivity index (χ3v) is 9.60. The van der Waals surface area contributed by atoms with Gasteiger partial charge >= 0.3 is 25.7 Å². The van der Waals surface area contributed by atoms with Crippen molar-refractivity contribution >= 4 is 25.7 Å². The number of carbonyl (C=O) groups excluding carboxylic acids is 2. The van der Waals surface area contributed by atoms with E-state index in [2.05, 4.69) is 42.7 Å². The third kappa shape index (κ3) is 36.8. The summed E-state index contributed by atoms with van der Waals surface area (Å²) in [5.41, 5.74) is 5.32. The molecule has 5 N–H and O–H groups in total. The smallest absolute Gasteiger partial charge is 0.472 e. The summed E-state index contributed by atoms with van der Waals surface area (Å²) >= 11 is 0. The number of esters is 2. The SMILES string of the molecule is CCCCCCCCCCCCCCCC(=O)O[C@H](COC(=O)CCC/C=C\C/C=C\C/C=C\C/C=C\[C@@H](O)CCCC)COP(=O)(O)OC[C@H](N)C(=O)O. The van der Waals surface area contributed by atoms with Gasteiger partial charge in [-0.2, -0.15) is 0 Å². The van der Waals surface area contributed by atoms with E-state index in [9.17, 15) is 28.9 Å². The molecular weight excluding hydrogens is 725 g/mol. The number of hydrogen-bond acceptors (Lipinski definition) is 10. The molecule has 13 heteroatoms. The zero-order valence-corrected chi connectivity index (χ0v) is 34.8. The van der Waals surface area contributed by atoms with Gasteiger partial charge in [0.2, 0.25) is 0 Å². The van der Waals surface area contributed by atoms with E-state index in [1.165, 1.54) is 57.8 Å². The second kappa shape index (κ2) is 37.0. The van der Waals surface area contributed by atoms with Gasteiger partial charge in [-0.3, -0.25) is 23.4 Å². The first-order valence-electron chi connectivity index (χ1n) is 20.8. The van der Waals surface area contributed by atoms with Crippen molar-refractivity contribution in [2.24, 2.45) is 5.73 Å². The number of carboxylic acids is 1. The molecular formula is C42H74NO11P. The molecule has 1 unspecified atom stereocenters. The van der Waals surface area contributed by atoms with Gasteiger partial charge in [0, 0.05) is 12.8 Å². The van der Waals surface area contributed by atoms with Crippen LogP contribution in [-0.4, -0.2) is 71.1 Å². The summed E-state index contributed by atoms with van der Waals surface area (Å²) in [4.78, 5) is 45.8. The standard InChI is InChI=1S/C42H74NO11P/c1-3-5-7-8-9-10-11-12-17-20-23-26-29-33-41(46)54-38(35-52-55(49,50)53-36-39(43)42(47)48)34-51-40(45)32-28-25-22-19-16-14-13-15-18-21-24-27-31-37(44)30-6-4-2/h13-14,18-19,21-22,27,31,37-39,44H,3-12,15-17,20,23-26,28-30,32-36,43H2,1-2H3,(H,47,48)(H,49,50)/b14-13-,21-18-,22-19-,31-27-/t37-,38+,39-/m0/s1. The van der Waals surface area contributed by atoms with Crippen molar-refractivity contribution in [3.8, 4) is 0 Å². The van der Waals surface area contributed by atoms with Gasteiger partial charge in [-0.25, -0.2) is 4.57 Å². The van der Waals surface area contributed by atoms with E-state index in [-0.39, 0.29) is 25.6 Å². The molecule has 0 saturated heterocycles. The number of carbonyl (C=O) groups is 3. The Morgan fingerprint density at radius 2 is 1.13 bits per heavy atom. The first-order chi connectivity index (χ1) is 26.5. The van der Waals surface area contributed by atoms with Crippen LogP contribution in [0.2, 0.25) is 0 Å². The summed E-state index contributed by atoms with van der Waals surface area (Å²) in [5.74, 6) is -2.48. The lowest BCUT2D eigenvalue weighted by molar-refractivity contribution is -0.161. The number of aliphatic hydroxyl groups is 1. The van der Waals surface area contributed by atoms with Crippen LogP contribution < -0.4 is 5.73 Å². The van der Waals surface area contributed by atoms with Gasteiger partial charge in [-0.15, -0.1) is 0 Å².